The lowest BCUT2D eigenvalue weighted by Gasteiger charge is -2.06. The third-order valence-corrected chi connectivity index (χ3v) is 1.22. The molecule has 0 aromatic heterocycles. The van der Waals surface area contributed by atoms with Crippen LogP contribution in [0.1, 0.15) is 19.8 Å². The Morgan fingerprint density at radius 2 is 2.18 bits per heavy atom. The molecule has 0 aliphatic carbocycles. The van der Waals surface area contributed by atoms with Gasteiger partial charge in [0.1, 0.15) is 0 Å². The summed E-state index contributed by atoms with van der Waals surface area (Å²) in [6.07, 6.45) is 1.92. The summed E-state index contributed by atoms with van der Waals surface area (Å²) in [5.41, 5.74) is 4.43. The maximum absolute atomic E-state index is 10.0. The van der Waals surface area contributed by atoms with Crippen molar-refractivity contribution in [3.8, 4) is 0 Å². The molecule has 0 radical (unpaired) electrons. The van der Waals surface area contributed by atoms with Gasteiger partial charge >= 0.3 is 7.82 Å². The van der Waals surface area contributed by atoms with Crippen LogP contribution in [0.15, 0.2) is 0 Å². The average Bonchev–Trinajstić information content (AvgIpc) is 1.85. The van der Waals surface area contributed by atoms with Crippen molar-refractivity contribution in [3.05, 3.63) is 0 Å². The van der Waals surface area contributed by atoms with E-state index >= 15 is 0 Å². The third-order valence-electron chi connectivity index (χ3n) is 0.892. The van der Waals surface area contributed by atoms with Crippen LogP contribution in [-0.2, 0) is 9.19 Å². The van der Waals surface area contributed by atoms with Crippen molar-refractivity contribution >= 4 is 7.82 Å². The number of hydrazine groups is 1. The summed E-state index contributed by atoms with van der Waals surface area (Å²) in [6, 6.07) is 0. The summed E-state index contributed by atoms with van der Waals surface area (Å²) >= 11 is 0. The molecule has 0 atom stereocenters. The molecular weight excluding hydrogens is 171 g/mol. The van der Waals surface area contributed by atoms with Crippen LogP contribution >= 0.6 is 7.82 Å². The number of hydrogen-bond acceptors (Lipinski definition) is 4. The highest BCUT2D eigenvalue weighted by atomic mass is 31.2. The lowest BCUT2D eigenvalue weighted by Crippen LogP contribution is -2.31. The van der Waals surface area contributed by atoms with Crippen LogP contribution in [0.5, 0.6) is 0 Å². The van der Waals surface area contributed by atoms with Gasteiger partial charge in [0.05, 0.1) is 0 Å². The van der Waals surface area contributed by atoms with Gasteiger partial charge in [0.15, 0.2) is 0 Å². The SMILES string of the molecule is CCCCNNOP(=O)(O)O. The highest BCUT2D eigenvalue weighted by Crippen LogP contribution is 2.33. The minimum Gasteiger partial charge on any atom is -0.302 e. The topological polar surface area (TPSA) is 90.8 Å². The van der Waals surface area contributed by atoms with Crippen LogP contribution in [0, 0.1) is 0 Å². The second kappa shape index (κ2) is 5.65. The van der Waals surface area contributed by atoms with Crippen molar-refractivity contribution < 1.29 is 19.0 Å². The molecule has 0 aromatic rings. The van der Waals surface area contributed by atoms with E-state index < -0.39 is 7.82 Å². The van der Waals surface area contributed by atoms with Crippen molar-refractivity contribution in [3.63, 3.8) is 0 Å². The molecule has 0 aliphatic heterocycles. The van der Waals surface area contributed by atoms with Crippen LogP contribution < -0.4 is 11.0 Å². The van der Waals surface area contributed by atoms with E-state index in [1.165, 1.54) is 0 Å². The first-order valence-electron chi connectivity index (χ1n) is 3.28. The Morgan fingerprint density at radius 3 is 2.64 bits per heavy atom. The number of phosphoric acid groups is 1. The van der Waals surface area contributed by atoms with Crippen LogP contribution in [0.25, 0.3) is 0 Å². The molecule has 4 N–H and O–H groups in total. The molecule has 0 heterocycles. The first-order valence-corrected chi connectivity index (χ1v) is 4.81. The fraction of sp³-hybridized carbons (Fsp3) is 1.00. The minimum absolute atomic E-state index is 0.608. The first kappa shape index (κ1) is 11.0. The molecule has 0 unspecified atom stereocenters. The molecule has 0 rings (SSSR count). The number of nitrogens with one attached hydrogen (secondary N) is 2. The molecule has 0 bridgehead atoms. The van der Waals surface area contributed by atoms with Crippen LogP contribution in [0.2, 0.25) is 0 Å². The van der Waals surface area contributed by atoms with Gasteiger partial charge in [-0.2, -0.15) is 4.62 Å². The van der Waals surface area contributed by atoms with Crippen LogP contribution in [0.3, 0.4) is 0 Å². The lowest BCUT2D eigenvalue weighted by atomic mass is 10.3. The molecule has 0 aliphatic rings. The highest BCUT2D eigenvalue weighted by Gasteiger charge is 2.12. The van der Waals surface area contributed by atoms with Crippen molar-refractivity contribution in [1.29, 1.82) is 0 Å². The molecule has 11 heavy (non-hydrogen) atoms. The molecule has 6 nitrogen and oxygen atoms in total. The Kier molecular flexibility index (Phi) is 5.67. The second-order valence-electron chi connectivity index (χ2n) is 1.96. The summed E-state index contributed by atoms with van der Waals surface area (Å²) in [4.78, 5) is 16.3. The van der Waals surface area contributed by atoms with Gasteiger partial charge in [-0.15, -0.1) is 5.59 Å². The predicted octanol–water partition coefficient (Wildman–Crippen LogP) is -0.0950. The van der Waals surface area contributed by atoms with Gasteiger partial charge in [-0.25, -0.2) is 9.99 Å². The number of rotatable bonds is 6. The Labute approximate surface area is 65.1 Å². The second-order valence-corrected chi connectivity index (χ2v) is 3.13. The van der Waals surface area contributed by atoms with Gasteiger partial charge in [0.25, 0.3) is 0 Å². The summed E-state index contributed by atoms with van der Waals surface area (Å²) in [7, 11) is -4.39. The number of unbranched alkanes of at least 4 members (excludes halogenated alkanes) is 1. The Balaban J connectivity index is 3.09. The molecule has 0 saturated carbocycles. The van der Waals surface area contributed by atoms with Crippen molar-refractivity contribution in [2.75, 3.05) is 6.54 Å². The average molecular weight is 184 g/mol. The highest BCUT2D eigenvalue weighted by molar-refractivity contribution is 7.46. The van der Waals surface area contributed by atoms with Crippen molar-refractivity contribution in [2.45, 2.75) is 19.8 Å². The summed E-state index contributed by atoms with van der Waals surface area (Å²) in [5, 5.41) is 0. The molecular formula is C4H13N2O4P. The van der Waals surface area contributed by atoms with E-state index in [0.29, 0.717) is 6.54 Å². The van der Waals surface area contributed by atoms with E-state index in [2.05, 4.69) is 10.1 Å². The lowest BCUT2D eigenvalue weighted by molar-refractivity contribution is 0.0941. The van der Waals surface area contributed by atoms with E-state index in [0.717, 1.165) is 12.8 Å². The molecule has 7 heteroatoms. The van der Waals surface area contributed by atoms with Crippen molar-refractivity contribution in [2.24, 2.45) is 0 Å². The monoisotopic (exact) mass is 184 g/mol. The van der Waals surface area contributed by atoms with Crippen molar-refractivity contribution in [1.82, 2.24) is 11.0 Å². The molecule has 0 saturated heterocycles. The Bertz CT molecular complexity index is 136. The van der Waals surface area contributed by atoms with Gasteiger partial charge in [-0.1, -0.05) is 13.3 Å². The van der Waals surface area contributed by atoms with Gasteiger partial charge in [0.2, 0.25) is 0 Å². The van der Waals surface area contributed by atoms with E-state index in [-0.39, 0.29) is 0 Å². The van der Waals surface area contributed by atoms with E-state index in [1.54, 1.807) is 0 Å². The molecule has 0 aromatic carbocycles. The largest absolute Gasteiger partial charge is 0.487 e. The Morgan fingerprint density at radius 1 is 1.55 bits per heavy atom. The minimum atomic E-state index is -4.39. The maximum Gasteiger partial charge on any atom is 0.487 e. The van der Waals surface area contributed by atoms with E-state index in [4.69, 9.17) is 9.79 Å². The van der Waals surface area contributed by atoms with Crippen LogP contribution in [0.4, 0.5) is 0 Å². The zero-order valence-electron chi connectivity index (χ0n) is 6.28. The fourth-order valence-corrected chi connectivity index (χ4v) is 0.591. The molecule has 0 amide bonds. The first-order chi connectivity index (χ1) is 5.06. The van der Waals surface area contributed by atoms with E-state index in [9.17, 15) is 4.57 Å². The summed E-state index contributed by atoms with van der Waals surface area (Å²) in [6.45, 7) is 2.61. The van der Waals surface area contributed by atoms with Crippen LogP contribution in [-0.4, -0.2) is 16.3 Å². The van der Waals surface area contributed by atoms with Gasteiger partial charge < -0.3 is 9.79 Å². The third kappa shape index (κ3) is 10.0. The van der Waals surface area contributed by atoms with Gasteiger partial charge in [-0.3, -0.25) is 0 Å². The summed E-state index contributed by atoms with van der Waals surface area (Å²) < 4.78 is 13.9. The zero-order valence-corrected chi connectivity index (χ0v) is 7.17. The Hall–Kier alpha value is 0.0300. The summed E-state index contributed by atoms with van der Waals surface area (Å²) in [5.74, 6) is 0. The molecule has 0 fully saturated rings. The standard InChI is InChI=1S/C4H13N2O4P/c1-2-3-4-5-6-10-11(7,8)9/h5-6H,2-4H2,1H3,(H2,7,8,9). The normalized spacial score (nSPS) is 11.9. The van der Waals surface area contributed by atoms with Gasteiger partial charge in [-0.05, 0) is 6.42 Å². The predicted molar refractivity (Wildman–Crippen MR) is 39.2 cm³/mol. The molecule has 68 valence electrons. The quantitative estimate of drug-likeness (QED) is 0.262. The number of hydrogen-bond donors (Lipinski definition) is 4. The molecule has 0 spiro atoms. The van der Waals surface area contributed by atoms with E-state index in [1.807, 2.05) is 12.5 Å². The smallest absolute Gasteiger partial charge is 0.302 e. The maximum atomic E-state index is 10.0. The van der Waals surface area contributed by atoms with Gasteiger partial charge in [0, 0.05) is 6.54 Å². The fourth-order valence-electron chi connectivity index (χ4n) is 0.408. The zero-order chi connectivity index (χ0) is 8.74.